The number of benzene rings is 2. The molecule has 0 fully saturated rings. The molecule has 0 radical (unpaired) electrons. The van der Waals surface area contributed by atoms with Gasteiger partial charge in [0.05, 0.1) is 21.3 Å². The average Bonchev–Trinajstić information content (AvgIpc) is 2.80. The molecule has 2 aromatic rings. The molecule has 0 saturated heterocycles. The van der Waals surface area contributed by atoms with Crippen LogP contribution in [-0.2, 0) is 4.79 Å². The summed E-state index contributed by atoms with van der Waals surface area (Å²) < 4.78 is 0. The SMILES string of the molecule is Nc1c(Cl)cc(C(=O)/C=C2/C(=O)Nc3ccccc32)cc1Cl. The number of nitrogens with one attached hydrogen (secondary N) is 1. The number of para-hydroxylation sites is 1. The Morgan fingerprint density at radius 1 is 1.14 bits per heavy atom. The van der Waals surface area contributed by atoms with E-state index < -0.39 is 0 Å². The molecule has 0 unspecified atom stereocenters. The molecule has 0 saturated carbocycles. The third kappa shape index (κ3) is 2.47. The fourth-order valence-corrected chi connectivity index (χ4v) is 2.71. The summed E-state index contributed by atoms with van der Waals surface area (Å²) >= 11 is 11.9. The first kappa shape index (κ1) is 14.6. The van der Waals surface area contributed by atoms with E-state index >= 15 is 0 Å². The lowest BCUT2D eigenvalue weighted by Gasteiger charge is -2.04. The zero-order valence-electron chi connectivity index (χ0n) is 11.2. The third-order valence-electron chi connectivity index (χ3n) is 3.35. The van der Waals surface area contributed by atoms with Crippen molar-refractivity contribution in [2.45, 2.75) is 0 Å². The summed E-state index contributed by atoms with van der Waals surface area (Å²) in [6, 6.07) is 10.0. The fourth-order valence-electron chi connectivity index (χ4n) is 2.22. The molecule has 1 aliphatic heterocycles. The Bertz CT molecular complexity index is 821. The van der Waals surface area contributed by atoms with Crippen molar-refractivity contribution in [3.05, 3.63) is 63.6 Å². The topological polar surface area (TPSA) is 72.2 Å². The Morgan fingerprint density at radius 3 is 2.45 bits per heavy atom. The minimum atomic E-state index is -0.370. The number of carbonyl (C=O) groups excluding carboxylic acids is 2. The van der Waals surface area contributed by atoms with E-state index in [9.17, 15) is 9.59 Å². The molecule has 1 amide bonds. The van der Waals surface area contributed by atoms with Gasteiger partial charge in [-0.05, 0) is 24.3 Å². The van der Waals surface area contributed by atoms with Crippen LogP contribution in [0, 0.1) is 0 Å². The van der Waals surface area contributed by atoms with Gasteiger partial charge in [0, 0.05) is 16.8 Å². The molecule has 3 rings (SSSR count). The number of rotatable bonds is 2. The van der Waals surface area contributed by atoms with E-state index in [1.807, 2.05) is 6.07 Å². The van der Waals surface area contributed by atoms with Gasteiger partial charge < -0.3 is 11.1 Å². The Balaban J connectivity index is 2.02. The van der Waals surface area contributed by atoms with Gasteiger partial charge in [-0.25, -0.2) is 0 Å². The molecular formula is C16H10Cl2N2O2. The molecule has 0 atom stereocenters. The minimum absolute atomic E-state index is 0.200. The van der Waals surface area contributed by atoms with Crippen LogP contribution in [0.3, 0.4) is 0 Å². The summed E-state index contributed by atoms with van der Waals surface area (Å²) in [6.07, 6.45) is 1.28. The van der Waals surface area contributed by atoms with Crippen LogP contribution in [0.1, 0.15) is 15.9 Å². The Labute approximate surface area is 136 Å². The highest BCUT2D eigenvalue weighted by molar-refractivity contribution is 6.40. The van der Waals surface area contributed by atoms with Crippen LogP contribution in [0.25, 0.3) is 5.57 Å². The lowest BCUT2D eigenvalue weighted by molar-refractivity contribution is -0.110. The molecular weight excluding hydrogens is 323 g/mol. The number of hydrogen-bond donors (Lipinski definition) is 2. The van der Waals surface area contributed by atoms with Gasteiger partial charge in [0.1, 0.15) is 0 Å². The van der Waals surface area contributed by atoms with Crippen LogP contribution in [-0.4, -0.2) is 11.7 Å². The summed E-state index contributed by atoms with van der Waals surface area (Å²) in [6.45, 7) is 0. The Kier molecular flexibility index (Phi) is 3.64. The van der Waals surface area contributed by atoms with Gasteiger partial charge in [-0.15, -0.1) is 0 Å². The molecule has 1 heterocycles. The van der Waals surface area contributed by atoms with Crippen molar-refractivity contribution in [1.29, 1.82) is 0 Å². The van der Waals surface area contributed by atoms with Crippen LogP contribution in [0.2, 0.25) is 10.0 Å². The number of halogens is 2. The van der Waals surface area contributed by atoms with Gasteiger partial charge in [0.2, 0.25) is 0 Å². The predicted octanol–water partition coefficient (Wildman–Crippen LogP) is 3.79. The van der Waals surface area contributed by atoms with Gasteiger partial charge in [-0.3, -0.25) is 9.59 Å². The molecule has 2 aromatic carbocycles. The molecule has 1 aliphatic rings. The maximum atomic E-state index is 12.4. The van der Waals surface area contributed by atoms with E-state index in [1.165, 1.54) is 18.2 Å². The highest BCUT2D eigenvalue weighted by Gasteiger charge is 2.24. The van der Waals surface area contributed by atoms with Crippen molar-refractivity contribution >= 4 is 51.8 Å². The van der Waals surface area contributed by atoms with Crippen LogP contribution >= 0.6 is 23.2 Å². The number of anilines is 2. The standard InChI is InChI=1S/C16H10Cl2N2O2/c17-11-5-8(6-12(18)15(11)19)14(21)7-10-9-3-1-2-4-13(9)20-16(10)22/h1-7H,19H2,(H,20,22)/b10-7+. The second-order valence-electron chi connectivity index (χ2n) is 4.78. The predicted molar refractivity (Wildman–Crippen MR) is 88.3 cm³/mol. The first-order valence-corrected chi connectivity index (χ1v) is 7.14. The van der Waals surface area contributed by atoms with Crippen molar-refractivity contribution in [2.24, 2.45) is 0 Å². The van der Waals surface area contributed by atoms with Crippen molar-refractivity contribution in [3.63, 3.8) is 0 Å². The quantitative estimate of drug-likeness (QED) is 0.499. The van der Waals surface area contributed by atoms with E-state index in [0.717, 1.165) is 0 Å². The monoisotopic (exact) mass is 332 g/mol. The average molecular weight is 333 g/mol. The normalized spacial score (nSPS) is 14.8. The maximum absolute atomic E-state index is 12.4. The number of allylic oxidation sites excluding steroid dienone is 1. The molecule has 0 spiro atoms. The van der Waals surface area contributed by atoms with Crippen molar-refractivity contribution < 1.29 is 9.59 Å². The number of carbonyl (C=O) groups is 2. The van der Waals surface area contributed by atoms with Gasteiger partial charge >= 0.3 is 0 Å². The molecule has 0 aliphatic carbocycles. The van der Waals surface area contributed by atoms with Gasteiger partial charge in [0.15, 0.2) is 5.78 Å². The number of nitrogen functional groups attached to an aromatic ring is 1. The number of hydrogen-bond acceptors (Lipinski definition) is 3. The molecule has 6 heteroatoms. The maximum Gasteiger partial charge on any atom is 0.256 e. The van der Waals surface area contributed by atoms with Crippen LogP contribution < -0.4 is 11.1 Å². The van der Waals surface area contributed by atoms with E-state index in [1.54, 1.807) is 18.2 Å². The summed E-state index contributed by atoms with van der Waals surface area (Å²) in [5.74, 6) is -0.687. The third-order valence-corrected chi connectivity index (χ3v) is 3.97. The lowest BCUT2D eigenvalue weighted by Crippen LogP contribution is -2.06. The van der Waals surface area contributed by atoms with Gasteiger partial charge in [-0.2, -0.15) is 0 Å². The van der Waals surface area contributed by atoms with Crippen LogP contribution in [0.5, 0.6) is 0 Å². The molecule has 4 nitrogen and oxygen atoms in total. The van der Waals surface area contributed by atoms with E-state index in [2.05, 4.69) is 5.32 Å². The second kappa shape index (κ2) is 5.48. The van der Waals surface area contributed by atoms with Crippen molar-refractivity contribution in [2.75, 3.05) is 11.1 Å². The van der Waals surface area contributed by atoms with Gasteiger partial charge in [-0.1, -0.05) is 41.4 Å². The summed E-state index contributed by atoms with van der Waals surface area (Å²) in [7, 11) is 0. The zero-order chi connectivity index (χ0) is 15.9. The molecule has 0 bridgehead atoms. The first-order chi connectivity index (χ1) is 10.5. The summed E-state index contributed by atoms with van der Waals surface area (Å²) in [5, 5.41) is 3.10. The number of amides is 1. The summed E-state index contributed by atoms with van der Waals surface area (Å²) in [5.41, 5.74) is 7.81. The fraction of sp³-hybridized carbons (Fsp3) is 0. The largest absolute Gasteiger partial charge is 0.396 e. The van der Waals surface area contributed by atoms with Crippen LogP contribution in [0.4, 0.5) is 11.4 Å². The first-order valence-electron chi connectivity index (χ1n) is 6.38. The molecule has 110 valence electrons. The Morgan fingerprint density at radius 2 is 1.77 bits per heavy atom. The van der Waals surface area contributed by atoms with Crippen LogP contribution in [0.15, 0.2) is 42.5 Å². The number of fused-ring (bicyclic) bond motifs is 1. The highest BCUT2D eigenvalue weighted by Crippen LogP contribution is 2.33. The molecule has 3 N–H and O–H groups in total. The molecule has 22 heavy (non-hydrogen) atoms. The number of nitrogens with two attached hydrogens (primary N) is 1. The smallest absolute Gasteiger partial charge is 0.256 e. The Hall–Kier alpha value is -2.30. The zero-order valence-corrected chi connectivity index (χ0v) is 12.7. The van der Waals surface area contributed by atoms with Crippen molar-refractivity contribution in [3.8, 4) is 0 Å². The van der Waals surface area contributed by atoms with E-state index in [0.29, 0.717) is 16.8 Å². The number of ketones is 1. The van der Waals surface area contributed by atoms with Crippen molar-refractivity contribution in [1.82, 2.24) is 0 Å². The van der Waals surface area contributed by atoms with E-state index in [-0.39, 0.29) is 33.0 Å². The minimum Gasteiger partial charge on any atom is -0.396 e. The van der Waals surface area contributed by atoms with E-state index in [4.69, 9.17) is 28.9 Å². The second-order valence-corrected chi connectivity index (χ2v) is 5.59. The van der Waals surface area contributed by atoms with Gasteiger partial charge in [0.25, 0.3) is 5.91 Å². The highest BCUT2D eigenvalue weighted by atomic mass is 35.5. The lowest BCUT2D eigenvalue weighted by atomic mass is 10.0. The molecule has 0 aromatic heterocycles. The summed E-state index contributed by atoms with van der Waals surface area (Å²) in [4.78, 5) is 24.3.